The fourth-order valence-corrected chi connectivity index (χ4v) is 5.26. The number of ether oxygens (including phenoxy) is 4. The van der Waals surface area contributed by atoms with Crippen LogP contribution in [0.2, 0.25) is 0 Å². The molecule has 10 heteroatoms. The van der Waals surface area contributed by atoms with Gasteiger partial charge in [0.2, 0.25) is 0 Å². The number of hydrogen-bond donors (Lipinski definition) is 1. The first kappa shape index (κ1) is 35.8. The van der Waals surface area contributed by atoms with Crippen molar-refractivity contribution < 1.29 is 24.1 Å². The van der Waals surface area contributed by atoms with Crippen LogP contribution in [0, 0.1) is 23.7 Å². The summed E-state index contributed by atoms with van der Waals surface area (Å²) in [6.45, 7) is 3.60. The first-order chi connectivity index (χ1) is 23.2. The maximum Gasteiger partial charge on any atom is 0.138 e. The molecule has 2 atom stereocenters. The molecule has 2 aliphatic rings. The van der Waals surface area contributed by atoms with E-state index in [1.54, 1.807) is 25.4 Å². The van der Waals surface area contributed by atoms with Crippen molar-refractivity contribution in [3.63, 3.8) is 0 Å². The van der Waals surface area contributed by atoms with Crippen LogP contribution in [0.3, 0.4) is 0 Å². The predicted octanol–water partition coefficient (Wildman–Crippen LogP) is 8.53. The van der Waals surface area contributed by atoms with Gasteiger partial charge in [0.15, 0.2) is 0 Å². The van der Waals surface area contributed by atoms with Gasteiger partial charge >= 0.3 is 0 Å². The van der Waals surface area contributed by atoms with Crippen molar-refractivity contribution in [2.24, 2.45) is 0 Å². The van der Waals surface area contributed by atoms with Crippen molar-refractivity contribution in [3.8, 4) is 46.7 Å². The molecule has 0 saturated heterocycles. The van der Waals surface area contributed by atoms with Crippen LogP contribution in [-0.4, -0.2) is 50.4 Å². The molecule has 2 unspecified atom stereocenters. The quantitative estimate of drug-likeness (QED) is 0.141. The zero-order valence-electron chi connectivity index (χ0n) is 26.5. The van der Waals surface area contributed by atoms with Crippen molar-refractivity contribution in [1.82, 2.24) is 9.97 Å². The molecule has 0 amide bonds. The Bertz CT molecular complexity index is 1580. The van der Waals surface area contributed by atoms with Crippen molar-refractivity contribution in [2.45, 2.75) is 74.9 Å². The number of alkyl halides is 1. The zero-order valence-corrected chi connectivity index (χ0v) is 31.2. The molecule has 2 saturated carbocycles. The Hall–Kier alpha value is -3.54. The van der Waals surface area contributed by atoms with Crippen molar-refractivity contribution in [1.29, 1.82) is 0 Å². The van der Waals surface area contributed by atoms with E-state index in [1.165, 1.54) is 0 Å². The summed E-state index contributed by atoms with van der Waals surface area (Å²) in [6, 6.07) is 23.2. The first-order valence-corrected chi connectivity index (χ1v) is 18.1. The minimum Gasteiger partial charge on any atom is -0.490 e. The lowest BCUT2D eigenvalue weighted by atomic mass is 9.92. The highest BCUT2D eigenvalue weighted by Crippen LogP contribution is 2.31. The molecular weight excluding hydrogens is 804 g/mol. The average Bonchev–Trinajstić information content (AvgIpc) is 3.04. The third-order valence-corrected chi connectivity index (χ3v) is 8.51. The van der Waals surface area contributed by atoms with E-state index < -0.39 is 6.10 Å². The highest BCUT2D eigenvalue weighted by Gasteiger charge is 2.33. The second-order valence-electron chi connectivity index (χ2n) is 11.4. The van der Waals surface area contributed by atoms with Gasteiger partial charge in [-0.2, -0.15) is 0 Å². The SMILES string of the molecule is CC(Br)C#Cc1ccc(OC2CC(Oc3ccc(Br)cc3)C2)cn1.CC(O)C#Cc1ccc(OC2CC(Oc3ccc(Br)cc3)C2)cn1. The molecule has 2 aromatic carbocycles. The lowest BCUT2D eigenvalue weighted by Gasteiger charge is -2.35. The summed E-state index contributed by atoms with van der Waals surface area (Å²) in [5.41, 5.74) is 1.37. The number of hydrogen-bond acceptors (Lipinski definition) is 7. The Labute approximate surface area is 307 Å². The number of aliphatic hydroxyl groups excluding tert-OH is 1. The van der Waals surface area contributed by atoms with Crippen LogP contribution in [0.5, 0.6) is 23.0 Å². The van der Waals surface area contributed by atoms with E-state index in [9.17, 15) is 0 Å². The minimum atomic E-state index is -0.652. The van der Waals surface area contributed by atoms with Gasteiger partial charge < -0.3 is 24.1 Å². The molecule has 0 bridgehead atoms. The lowest BCUT2D eigenvalue weighted by molar-refractivity contribution is 0.00402. The maximum atomic E-state index is 9.13. The van der Waals surface area contributed by atoms with E-state index in [1.807, 2.05) is 73.7 Å². The minimum absolute atomic E-state index is 0.154. The fraction of sp³-hybridized carbons (Fsp3) is 0.316. The summed E-state index contributed by atoms with van der Waals surface area (Å²) in [7, 11) is 0. The van der Waals surface area contributed by atoms with E-state index in [-0.39, 0.29) is 29.2 Å². The maximum absolute atomic E-state index is 9.13. The number of pyridine rings is 2. The molecule has 6 rings (SSSR count). The second kappa shape index (κ2) is 17.7. The van der Waals surface area contributed by atoms with Crippen LogP contribution in [-0.2, 0) is 0 Å². The van der Waals surface area contributed by atoms with Gasteiger partial charge in [0.25, 0.3) is 0 Å². The van der Waals surface area contributed by atoms with E-state index >= 15 is 0 Å². The fourth-order valence-electron chi connectivity index (χ4n) is 4.62. The van der Waals surface area contributed by atoms with Crippen LogP contribution in [0.1, 0.15) is 50.9 Å². The smallest absolute Gasteiger partial charge is 0.138 e. The Morgan fingerprint density at radius 1 is 0.583 bits per heavy atom. The van der Waals surface area contributed by atoms with Gasteiger partial charge in [-0.25, -0.2) is 9.97 Å². The largest absolute Gasteiger partial charge is 0.490 e. The Morgan fingerprint density at radius 3 is 1.27 bits per heavy atom. The summed E-state index contributed by atoms with van der Waals surface area (Å²) >= 11 is 10.2. The molecule has 0 radical (unpaired) electrons. The molecule has 4 aromatic rings. The summed E-state index contributed by atoms with van der Waals surface area (Å²) in [6.07, 6.45) is 6.99. The van der Waals surface area contributed by atoms with Gasteiger partial charge in [-0.15, -0.1) is 0 Å². The summed E-state index contributed by atoms with van der Waals surface area (Å²) < 4.78 is 25.7. The van der Waals surface area contributed by atoms with Crippen LogP contribution >= 0.6 is 47.8 Å². The highest BCUT2D eigenvalue weighted by atomic mass is 79.9. The number of nitrogens with zero attached hydrogens (tertiary/aromatic N) is 2. The number of aliphatic hydroxyl groups is 1. The van der Waals surface area contributed by atoms with E-state index in [0.717, 1.165) is 63.3 Å². The molecule has 0 spiro atoms. The molecule has 248 valence electrons. The van der Waals surface area contributed by atoms with E-state index in [2.05, 4.69) is 81.4 Å². The molecule has 2 heterocycles. The van der Waals surface area contributed by atoms with Crippen LogP contribution in [0.15, 0.2) is 94.1 Å². The van der Waals surface area contributed by atoms with Gasteiger partial charge in [-0.3, -0.25) is 0 Å². The molecule has 2 fully saturated rings. The number of aromatic nitrogens is 2. The summed E-state index contributed by atoms with van der Waals surface area (Å²) in [4.78, 5) is 8.67. The van der Waals surface area contributed by atoms with Crippen LogP contribution in [0.4, 0.5) is 0 Å². The molecule has 2 aliphatic carbocycles. The van der Waals surface area contributed by atoms with Crippen LogP contribution in [0.25, 0.3) is 0 Å². The number of halogens is 3. The van der Waals surface area contributed by atoms with Crippen molar-refractivity contribution >= 4 is 47.8 Å². The van der Waals surface area contributed by atoms with Gasteiger partial charge in [-0.05, 0) is 98.5 Å². The van der Waals surface area contributed by atoms with E-state index in [4.69, 9.17) is 24.1 Å². The normalized spacial score (nSPS) is 20.3. The standard InChI is InChI=1S/C19H17Br2NO2.C19H18BrNO3/c1-13(20)2-5-15-6-9-17(12-22-15)24-19-10-18(11-19)23-16-7-3-14(21)4-8-16;1-13(22)2-5-15-6-9-17(12-21-15)24-19-10-18(11-19)23-16-7-3-14(20)4-8-16/h3-4,6-9,12-13,18-19H,10-11H2,1H3;3-4,6-9,12-13,18-19,22H,10-11H2,1H3. The van der Waals surface area contributed by atoms with Gasteiger partial charge in [0, 0.05) is 34.6 Å². The third kappa shape index (κ3) is 11.9. The van der Waals surface area contributed by atoms with Crippen molar-refractivity contribution in [3.05, 3.63) is 106 Å². The highest BCUT2D eigenvalue weighted by molar-refractivity contribution is 9.10. The zero-order chi connectivity index (χ0) is 33.9. The Morgan fingerprint density at radius 2 is 0.938 bits per heavy atom. The van der Waals surface area contributed by atoms with Gasteiger partial charge in [0.05, 0.1) is 17.2 Å². The Balaban J connectivity index is 0.000000188. The summed E-state index contributed by atoms with van der Waals surface area (Å²) in [5, 5.41) is 9.13. The van der Waals surface area contributed by atoms with Crippen molar-refractivity contribution in [2.75, 3.05) is 0 Å². The molecule has 0 aliphatic heterocycles. The van der Waals surface area contributed by atoms with Crippen LogP contribution < -0.4 is 18.9 Å². The first-order valence-electron chi connectivity index (χ1n) is 15.6. The molecule has 7 nitrogen and oxygen atoms in total. The lowest BCUT2D eigenvalue weighted by Crippen LogP contribution is -2.41. The average molecular weight is 839 g/mol. The second-order valence-corrected chi connectivity index (χ2v) is 14.6. The number of benzene rings is 2. The molecular formula is C38H35Br3N2O5. The monoisotopic (exact) mass is 836 g/mol. The third-order valence-electron chi connectivity index (χ3n) is 7.22. The van der Waals surface area contributed by atoms with Gasteiger partial charge in [0.1, 0.15) is 64.9 Å². The molecule has 2 aromatic heterocycles. The van der Waals surface area contributed by atoms with Gasteiger partial charge in [-0.1, -0.05) is 59.6 Å². The number of rotatable bonds is 8. The predicted molar refractivity (Wildman–Crippen MR) is 197 cm³/mol. The Kier molecular flexibility index (Phi) is 13.2. The topological polar surface area (TPSA) is 82.9 Å². The molecule has 48 heavy (non-hydrogen) atoms. The summed E-state index contributed by atoms with van der Waals surface area (Å²) in [5.74, 6) is 14.8. The molecule has 1 N–H and O–H groups in total. The van der Waals surface area contributed by atoms with E-state index in [0.29, 0.717) is 5.69 Å².